The summed E-state index contributed by atoms with van der Waals surface area (Å²) in [7, 11) is 0. The molecule has 1 aliphatic rings. The summed E-state index contributed by atoms with van der Waals surface area (Å²) in [6, 6.07) is 11.3. The first kappa shape index (κ1) is 18.3. The number of carbonyl (C=O) groups excluding carboxylic acids is 1. The molecule has 28 heavy (non-hydrogen) atoms. The first-order chi connectivity index (χ1) is 13.7. The molecule has 3 N–H and O–H groups in total. The molecule has 0 saturated heterocycles. The van der Waals surface area contributed by atoms with Gasteiger partial charge in [0.05, 0.1) is 12.1 Å². The highest BCUT2D eigenvalue weighted by Gasteiger charge is 2.16. The van der Waals surface area contributed by atoms with E-state index >= 15 is 0 Å². The normalized spacial score (nSPS) is 14.3. The Morgan fingerprint density at radius 2 is 1.96 bits per heavy atom. The summed E-state index contributed by atoms with van der Waals surface area (Å²) in [4.78, 5) is 12.1. The molecule has 6 nitrogen and oxygen atoms in total. The molecule has 0 spiro atoms. The number of hydrogen-bond donors (Lipinski definition) is 3. The number of benzene rings is 2. The number of hydrogen-bond acceptors (Lipinski definition) is 3. The maximum atomic E-state index is 12.9. The van der Waals surface area contributed by atoms with Crippen LogP contribution in [0.2, 0.25) is 0 Å². The molecular weight excluding hydrogens is 359 g/mol. The van der Waals surface area contributed by atoms with Gasteiger partial charge in [-0.05, 0) is 48.6 Å². The van der Waals surface area contributed by atoms with E-state index < -0.39 is 0 Å². The quantitative estimate of drug-likeness (QED) is 0.583. The molecule has 2 aromatic carbocycles. The van der Waals surface area contributed by atoms with Crippen LogP contribution in [-0.4, -0.2) is 22.8 Å². The van der Waals surface area contributed by atoms with E-state index in [4.69, 9.17) is 4.74 Å². The second-order valence-corrected chi connectivity index (χ2v) is 7.18. The van der Waals surface area contributed by atoms with E-state index in [2.05, 4.69) is 20.8 Å². The Bertz CT molecular complexity index is 949. The van der Waals surface area contributed by atoms with E-state index in [0.717, 1.165) is 28.8 Å². The molecule has 4 rings (SSSR count). The molecule has 0 unspecified atom stereocenters. The summed E-state index contributed by atoms with van der Waals surface area (Å²) in [5, 5.41) is 13.4. The van der Waals surface area contributed by atoms with Gasteiger partial charge < -0.3 is 10.1 Å². The van der Waals surface area contributed by atoms with Crippen molar-refractivity contribution in [2.75, 3.05) is 11.9 Å². The molecule has 1 fully saturated rings. The van der Waals surface area contributed by atoms with Gasteiger partial charge in [0.25, 0.3) is 0 Å². The number of amides is 2. The lowest BCUT2D eigenvalue weighted by atomic mass is 10.1. The summed E-state index contributed by atoms with van der Waals surface area (Å²) in [5.41, 5.74) is 1.62. The van der Waals surface area contributed by atoms with Crippen LogP contribution in [0, 0.1) is 11.7 Å². The van der Waals surface area contributed by atoms with Gasteiger partial charge in [0, 0.05) is 18.0 Å². The highest BCUT2D eigenvalue weighted by molar-refractivity contribution is 5.99. The van der Waals surface area contributed by atoms with Crippen LogP contribution < -0.4 is 15.4 Å². The number of halogens is 1. The van der Waals surface area contributed by atoms with Crippen LogP contribution in [-0.2, 0) is 6.54 Å². The second kappa shape index (κ2) is 8.29. The molecule has 0 radical (unpaired) electrons. The van der Waals surface area contributed by atoms with Gasteiger partial charge in [-0.25, -0.2) is 9.18 Å². The highest BCUT2D eigenvalue weighted by Crippen LogP contribution is 2.28. The Kier molecular flexibility index (Phi) is 5.41. The number of nitrogens with one attached hydrogen (secondary N) is 3. The van der Waals surface area contributed by atoms with E-state index in [-0.39, 0.29) is 11.8 Å². The van der Waals surface area contributed by atoms with Gasteiger partial charge in [-0.2, -0.15) is 5.10 Å². The minimum atomic E-state index is -0.376. The Morgan fingerprint density at radius 1 is 1.18 bits per heavy atom. The number of aromatic nitrogens is 2. The standard InChI is InChI=1S/C21H23FN4O2/c22-16-7-5-14(6-8-16)12-23-21(27)24-20-18-10-9-17(11-19(18)25-26-20)28-13-15-3-1-2-4-15/h5-11,15H,1-4,12-13H2,(H3,23,24,25,26,27). The van der Waals surface area contributed by atoms with Crippen molar-refractivity contribution in [3.8, 4) is 5.75 Å². The fourth-order valence-electron chi connectivity index (χ4n) is 3.51. The first-order valence-corrected chi connectivity index (χ1v) is 9.57. The number of aromatic amines is 1. The zero-order valence-corrected chi connectivity index (χ0v) is 15.5. The molecule has 0 bridgehead atoms. The second-order valence-electron chi connectivity index (χ2n) is 7.18. The number of carbonyl (C=O) groups is 1. The molecule has 0 atom stereocenters. The zero-order chi connectivity index (χ0) is 19.3. The summed E-state index contributed by atoms with van der Waals surface area (Å²) < 4.78 is 18.8. The van der Waals surface area contributed by atoms with Gasteiger partial charge in [0.1, 0.15) is 11.6 Å². The van der Waals surface area contributed by atoms with Crippen molar-refractivity contribution in [3.05, 3.63) is 53.8 Å². The first-order valence-electron chi connectivity index (χ1n) is 9.57. The Balaban J connectivity index is 1.34. The van der Waals surface area contributed by atoms with E-state index in [1.165, 1.54) is 37.8 Å². The molecule has 0 aliphatic heterocycles. The van der Waals surface area contributed by atoms with Gasteiger partial charge in [-0.1, -0.05) is 25.0 Å². The average Bonchev–Trinajstić information content (AvgIpc) is 3.36. The van der Waals surface area contributed by atoms with Crippen LogP contribution in [0.15, 0.2) is 42.5 Å². The van der Waals surface area contributed by atoms with Gasteiger partial charge in [0.15, 0.2) is 5.82 Å². The van der Waals surface area contributed by atoms with E-state index in [0.29, 0.717) is 18.3 Å². The van der Waals surface area contributed by atoms with Gasteiger partial charge in [0.2, 0.25) is 0 Å². The summed E-state index contributed by atoms with van der Waals surface area (Å²) in [6.07, 6.45) is 5.08. The summed E-state index contributed by atoms with van der Waals surface area (Å²) in [6.45, 7) is 1.05. The van der Waals surface area contributed by atoms with Crippen molar-refractivity contribution in [1.29, 1.82) is 0 Å². The Morgan fingerprint density at radius 3 is 2.75 bits per heavy atom. The van der Waals surface area contributed by atoms with E-state index in [1.54, 1.807) is 12.1 Å². The third-order valence-electron chi connectivity index (χ3n) is 5.09. The third kappa shape index (κ3) is 4.42. The molecular formula is C21H23FN4O2. The van der Waals surface area contributed by atoms with E-state index in [9.17, 15) is 9.18 Å². The number of ether oxygens (including phenoxy) is 1. The molecule has 2 amide bonds. The number of urea groups is 1. The van der Waals surface area contributed by atoms with Crippen LogP contribution in [0.25, 0.3) is 10.9 Å². The predicted octanol–water partition coefficient (Wildman–Crippen LogP) is 4.59. The molecule has 7 heteroatoms. The number of nitrogens with zero attached hydrogens (tertiary/aromatic N) is 1. The molecule has 1 aliphatic carbocycles. The van der Waals surface area contributed by atoms with Gasteiger partial charge >= 0.3 is 6.03 Å². The van der Waals surface area contributed by atoms with Crippen LogP contribution in [0.5, 0.6) is 5.75 Å². The zero-order valence-electron chi connectivity index (χ0n) is 15.5. The predicted molar refractivity (Wildman–Crippen MR) is 106 cm³/mol. The topological polar surface area (TPSA) is 79.0 Å². The van der Waals surface area contributed by atoms with E-state index in [1.807, 2.05) is 18.2 Å². The number of fused-ring (bicyclic) bond motifs is 1. The number of rotatable bonds is 6. The average molecular weight is 382 g/mol. The SMILES string of the molecule is O=C(NCc1ccc(F)cc1)Nc1n[nH]c2cc(OCC3CCCC3)ccc12. The lowest BCUT2D eigenvalue weighted by Gasteiger charge is -2.11. The molecule has 1 saturated carbocycles. The monoisotopic (exact) mass is 382 g/mol. The maximum absolute atomic E-state index is 12.9. The maximum Gasteiger partial charge on any atom is 0.320 e. The number of anilines is 1. The highest BCUT2D eigenvalue weighted by atomic mass is 19.1. The summed E-state index contributed by atoms with van der Waals surface area (Å²) in [5.74, 6) is 1.60. The van der Waals surface area contributed by atoms with Crippen molar-refractivity contribution >= 4 is 22.8 Å². The largest absolute Gasteiger partial charge is 0.493 e. The van der Waals surface area contributed by atoms with Crippen LogP contribution in [0.3, 0.4) is 0 Å². The fraction of sp³-hybridized carbons (Fsp3) is 0.333. The van der Waals surface area contributed by atoms with Crippen LogP contribution in [0.4, 0.5) is 15.0 Å². The summed E-state index contributed by atoms with van der Waals surface area (Å²) >= 11 is 0. The van der Waals surface area contributed by atoms with Crippen LogP contribution >= 0.6 is 0 Å². The van der Waals surface area contributed by atoms with Crippen molar-refractivity contribution in [1.82, 2.24) is 15.5 Å². The number of H-pyrrole nitrogens is 1. The molecule has 3 aromatic rings. The Hall–Kier alpha value is -3.09. The minimum absolute atomic E-state index is 0.299. The minimum Gasteiger partial charge on any atom is -0.493 e. The van der Waals surface area contributed by atoms with Crippen molar-refractivity contribution in [2.45, 2.75) is 32.2 Å². The fourth-order valence-corrected chi connectivity index (χ4v) is 3.51. The van der Waals surface area contributed by atoms with Crippen molar-refractivity contribution in [2.24, 2.45) is 5.92 Å². The van der Waals surface area contributed by atoms with Crippen molar-refractivity contribution < 1.29 is 13.9 Å². The van der Waals surface area contributed by atoms with Crippen molar-refractivity contribution in [3.63, 3.8) is 0 Å². The van der Waals surface area contributed by atoms with Gasteiger partial charge in [-0.3, -0.25) is 10.4 Å². The third-order valence-corrected chi connectivity index (χ3v) is 5.09. The molecule has 1 heterocycles. The lowest BCUT2D eigenvalue weighted by Crippen LogP contribution is -2.28. The molecule has 1 aromatic heterocycles. The Labute approximate surface area is 162 Å². The van der Waals surface area contributed by atoms with Gasteiger partial charge in [-0.15, -0.1) is 0 Å². The van der Waals surface area contributed by atoms with Crippen LogP contribution in [0.1, 0.15) is 31.2 Å². The molecule has 146 valence electrons. The smallest absolute Gasteiger partial charge is 0.320 e. The lowest BCUT2D eigenvalue weighted by molar-refractivity contribution is 0.251.